The summed E-state index contributed by atoms with van der Waals surface area (Å²) in [5, 5.41) is 11.1. The third-order valence-electron chi connectivity index (χ3n) is 2.65. The molecule has 0 spiro atoms. The molecule has 0 bridgehead atoms. The second-order valence-corrected chi connectivity index (χ2v) is 5.10. The zero-order valence-corrected chi connectivity index (χ0v) is 11.6. The lowest BCUT2D eigenvalue weighted by molar-refractivity contribution is -0.149. The van der Waals surface area contributed by atoms with E-state index in [0.717, 1.165) is 0 Å². The minimum Gasteiger partial charge on any atom is -0.481 e. The molecule has 0 atom stereocenters. The van der Waals surface area contributed by atoms with Crippen molar-refractivity contribution in [3.63, 3.8) is 0 Å². The Balaban J connectivity index is 4.50. The lowest BCUT2D eigenvalue weighted by atomic mass is 9.89. The number of carbonyl (C=O) groups is 3. The molecule has 0 saturated heterocycles. The highest BCUT2D eigenvalue weighted by molar-refractivity contribution is 5.96. The van der Waals surface area contributed by atoms with Crippen molar-refractivity contribution in [2.45, 2.75) is 47.1 Å². The summed E-state index contributed by atoms with van der Waals surface area (Å²) in [6, 6.07) is -0.506. The van der Waals surface area contributed by atoms with Gasteiger partial charge >= 0.3 is 12.0 Å². The maximum atomic E-state index is 11.7. The van der Waals surface area contributed by atoms with E-state index in [-0.39, 0.29) is 12.5 Å². The fourth-order valence-corrected chi connectivity index (χ4v) is 1.46. The first-order valence-electron chi connectivity index (χ1n) is 5.95. The molecule has 0 aliphatic heterocycles. The van der Waals surface area contributed by atoms with Crippen molar-refractivity contribution in [1.29, 1.82) is 0 Å². The number of hydrogen-bond donors (Lipinski definition) is 2. The standard InChI is InChI=1S/C12H22N2O4/c1-6-14(8(2)3)11(18)13-9(15)7-12(4,5)10(16)17/h8H,6-7H2,1-5H3,(H,16,17)(H,13,15,18). The number of nitrogens with one attached hydrogen (secondary N) is 1. The summed E-state index contributed by atoms with van der Waals surface area (Å²) >= 11 is 0. The van der Waals surface area contributed by atoms with Gasteiger partial charge in [-0.1, -0.05) is 0 Å². The van der Waals surface area contributed by atoms with Crippen LogP contribution in [0, 0.1) is 5.41 Å². The number of carbonyl (C=O) groups excluding carboxylic acids is 2. The maximum absolute atomic E-state index is 11.7. The van der Waals surface area contributed by atoms with E-state index in [0.29, 0.717) is 6.54 Å². The molecule has 6 heteroatoms. The van der Waals surface area contributed by atoms with Gasteiger partial charge < -0.3 is 10.0 Å². The van der Waals surface area contributed by atoms with Gasteiger partial charge in [0.1, 0.15) is 0 Å². The SMILES string of the molecule is CCN(C(=O)NC(=O)CC(C)(C)C(=O)O)C(C)C. The molecule has 104 valence electrons. The molecule has 0 unspecified atom stereocenters. The number of hydrogen-bond acceptors (Lipinski definition) is 3. The molecular formula is C12H22N2O4. The first kappa shape index (κ1) is 16.4. The topological polar surface area (TPSA) is 86.7 Å². The Hall–Kier alpha value is -1.59. The monoisotopic (exact) mass is 258 g/mol. The van der Waals surface area contributed by atoms with Gasteiger partial charge in [0.05, 0.1) is 5.41 Å². The van der Waals surface area contributed by atoms with Crippen LogP contribution in [0.2, 0.25) is 0 Å². The van der Waals surface area contributed by atoms with Crippen LogP contribution in [0.25, 0.3) is 0 Å². The Kier molecular flexibility index (Phi) is 5.81. The van der Waals surface area contributed by atoms with Crippen molar-refractivity contribution < 1.29 is 19.5 Å². The van der Waals surface area contributed by atoms with E-state index >= 15 is 0 Å². The van der Waals surface area contributed by atoms with Crippen LogP contribution in [0.5, 0.6) is 0 Å². The molecule has 3 amide bonds. The molecule has 2 N–H and O–H groups in total. The zero-order chi connectivity index (χ0) is 14.5. The molecule has 0 saturated carbocycles. The zero-order valence-electron chi connectivity index (χ0n) is 11.6. The summed E-state index contributed by atoms with van der Waals surface area (Å²) in [5.41, 5.74) is -1.18. The van der Waals surface area contributed by atoms with E-state index in [9.17, 15) is 14.4 Å². The number of carboxylic acid groups (broad SMARTS) is 1. The van der Waals surface area contributed by atoms with Crippen molar-refractivity contribution in [1.82, 2.24) is 10.2 Å². The van der Waals surface area contributed by atoms with Crippen LogP contribution in [0.4, 0.5) is 4.79 Å². The number of nitrogens with zero attached hydrogens (tertiary/aromatic N) is 1. The minimum absolute atomic E-state index is 0.0183. The maximum Gasteiger partial charge on any atom is 0.324 e. The Morgan fingerprint density at radius 3 is 2.11 bits per heavy atom. The normalized spacial score (nSPS) is 11.2. The molecule has 0 aromatic rings. The van der Waals surface area contributed by atoms with Crippen LogP contribution >= 0.6 is 0 Å². The van der Waals surface area contributed by atoms with E-state index in [2.05, 4.69) is 5.32 Å². The predicted molar refractivity (Wildman–Crippen MR) is 67.1 cm³/mol. The van der Waals surface area contributed by atoms with Crippen LogP contribution in [0.1, 0.15) is 41.0 Å². The van der Waals surface area contributed by atoms with Gasteiger partial charge in [-0.05, 0) is 34.6 Å². The summed E-state index contributed by atoms with van der Waals surface area (Å²) in [4.78, 5) is 35.7. The molecule has 0 rings (SSSR count). The number of imide groups is 1. The lowest BCUT2D eigenvalue weighted by Gasteiger charge is -2.25. The van der Waals surface area contributed by atoms with Crippen LogP contribution in [0.15, 0.2) is 0 Å². The van der Waals surface area contributed by atoms with Crippen molar-refractivity contribution >= 4 is 17.9 Å². The number of amides is 3. The lowest BCUT2D eigenvalue weighted by Crippen LogP contribution is -2.47. The van der Waals surface area contributed by atoms with Gasteiger partial charge in [0, 0.05) is 19.0 Å². The molecule has 0 aromatic heterocycles. The number of urea groups is 1. The van der Waals surface area contributed by atoms with Crippen LogP contribution in [0.3, 0.4) is 0 Å². The highest BCUT2D eigenvalue weighted by atomic mass is 16.4. The van der Waals surface area contributed by atoms with Crippen molar-refractivity contribution in [3.8, 4) is 0 Å². The van der Waals surface area contributed by atoms with Crippen LogP contribution < -0.4 is 5.32 Å². The second-order valence-electron chi connectivity index (χ2n) is 5.10. The predicted octanol–water partition coefficient (Wildman–Crippen LogP) is 1.45. The molecule has 0 aromatic carbocycles. The second kappa shape index (κ2) is 6.37. The van der Waals surface area contributed by atoms with Crippen molar-refractivity contribution in [2.24, 2.45) is 5.41 Å². The average molecular weight is 258 g/mol. The number of aliphatic carboxylic acids is 1. The van der Waals surface area contributed by atoms with Gasteiger partial charge in [-0.2, -0.15) is 0 Å². The molecule has 0 radical (unpaired) electrons. The van der Waals surface area contributed by atoms with E-state index in [1.165, 1.54) is 18.7 Å². The third kappa shape index (κ3) is 4.73. The largest absolute Gasteiger partial charge is 0.481 e. The molecular weight excluding hydrogens is 236 g/mol. The molecule has 18 heavy (non-hydrogen) atoms. The van der Waals surface area contributed by atoms with Gasteiger partial charge in [-0.15, -0.1) is 0 Å². The van der Waals surface area contributed by atoms with E-state index in [1.54, 1.807) is 0 Å². The van der Waals surface area contributed by atoms with Crippen LogP contribution in [-0.4, -0.2) is 40.5 Å². The van der Waals surface area contributed by atoms with E-state index < -0.39 is 23.3 Å². The number of rotatable bonds is 5. The molecule has 0 aliphatic rings. The Morgan fingerprint density at radius 2 is 1.78 bits per heavy atom. The smallest absolute Gasteiger partial charge is 0.324 e. The quantitative estimate of drug-likeness (QED) is 0.781. The fraction of sp³-hybridized carbons (Fsp3) is 0.750. The number of carboxylic acids is 1. The third-order valence-corrected chi connectivity index (χ3v) is 2.65. The van der Waals surface area contributed by atoms with Gasteiger partial charge in [0.25, 0.3) is 0 Å². The Morgan fingerprint density at radius 1 is 1.28 bits per heavy atom. The van der Waals surface area contributed by atoms with Gasteiger partial charge in [-0.25, -0.2) is 4.79 Å². The van der Waals surface area contributed by atoms with E-state index in [1.807, 2.05) is 20.8 Å². The highest BCUT2D eigenvalue weighted by Crippen LogP contribution is 2.20. The van der Waals surface area contributed by atoms with Crippen molar-refractivity contribution in [2.75, 3.05) is 6.54 Å². The first-order chi connectivity index (χ1) is 8.11. The molecule has 0 aliphatic carbocycles. The summed E-state index contributed by atoms with van der Waals surface area (Å²) in [7, 11) is 0. The summed E-state index contributed by atoms with van der Waals surface area (Å²) in [5.74, 6) is -1.65. The fourth-order valence-electron chi connectivity index (χ4n) is 1.46. The van der Waals surface area contributed by atoms with E-state index in [4.69, 9.17) is 5.11 Å². The highest BCUT2D eigenvalue weighted by Gasteiger charge is 2.31. The van der Waals surface area contributed by atoms with Crippen molar-refractivity contribution in [3.05, 3.63) is 0 Å². The summed E-state index contributed by atoms with van der Waals surface area (Å²) in [6.45, 7) is 8.87. The Labute approximate surface area is 107 Å². The Bertz CT molecular complexity index is 337. The van der Waals surface area contributed by atoms with Crippen LogP contribution in [-0.2, 0) is 9.59 Å². The molecule has 0 fully saturated rings. The van der Waals surface area contributed by atoms with Gasteiger partial charge in [-0.3, -0.25) is 14.9 Å². The average Bonchev–Trinajstić information content (AvgIpc) is 2.15. The molecule has 6 nitrogen and oxygen atoms in total. The van der Waals surface area contributed by atoms with Gasteiger partial charge in [0.2, 0.25) is 5.91 Å². The summed E-state index contributed by atoms with van der Waals surface area (Å²) in [6.07, 6.45) is -0.232. The minimum atomic E-state index is -1.18. The molecule has 0 heterocycles. The van der Waals surface area contributed by atoms with Gasteiger partial charge in [0.15, 0.2) is 0 Å². The summed E-state index contributed by atoms with van der Waals surface area (Å²) < 4.78 is 0. The first-order valence-corrected chi connectivity index (χ1v) is 5.95.